The molecule has 0 aliphatic heterocycles. The summed E-state index contributed by atoms with van der Waals surface area (Å²) >= 11 is 0. The van der Waals surface area contributed by atoms with Crippen LogP contribution < -0.4 is 15.8 Å². The molecule has 0 fully saturated rings. The lowest BCUT2D eigenvalue weighted by molar-refractivity contribution is -0.118. The van der Waals surface area contributed by atoms with Crippen LogP contribution in [-0.4, -0.2) is 17.1 Å². The third-order valence-corrected chi connectivity index (χ3v) is 3.27. The second-order valence-corrected chi connectivity index (χ2v) is 4.88. The van der Waals surface area contributed by atoms with E-state index in [1.807, 2.05) is 0 Å². The number of anilines is 1. The van der Waals surface area contributed by atoms with Gasteiger partial charge in [-0.15, -0.1) is 0 Å². The summed E-state index contributed by atoms with van der Waals surface area (Å²) in [6.07, 6.45) is 0. The fourth-order valence-electron chi connectivity index (χ4n) is 2.11. The van der Waals surface area contributed by atoms with E-state index in [1.165, 1.54) is 22.8 Å². The molecule has 0 saturated heterocycles. The van der Waals surface area contributed by atoms with Crippen LogP contribution in [0.2, 0.25) is 0 Å². The highest BCUT2D eigenvalue weighted by Gasteiger charge is 2.10. The second-order valence-electron chi connectivity index (χ2n) is 4.88. The van der Waals surface area contributed by atoms with E-state index in [2.05, 4.69) is 5.32 Å². The van der Waals surface area contributed by atoms with Gasteiger partial charge in [0.05, 0.1) is 5.52 Å². The normalized spacial score (nSPS) is 10.7. The van der Waals surface area contributed by atoms with Crippen molar-refractivity contribution in [1.82, 2.24) is 4.57 Å². The SMILES string of the molecule is Cn1c(=O)oc2ccc(NC(=O)COc3ccccc3F)cc21. The zero-order chi connectivity index (χ0) is 16.4. The van der Waals surface area contributed by atoms with Crippen LogP contribution in [0.25, 0.3) is 11.1 Å². The van der Waals surface area contributed by atoms with Crippen molar-refractivity contribution in [2.45, 2.75) is 0 Å². The van der Waals surface area contributed by atoms with Crippen molar-refractivity contribution in [3.8, 4) is 5.75 Å². The number of oxazole rings is 1. The topological polar surface area (TPSA) is 73.5 Å². The van der Waals surface area contributed by atoms with E-state index in [1.54, 1.807) is 31.3 Å². The van der Waals surface area contributed by atoms with Crippen LogP contribution in [-0.2, 0) is 11.8 Å². The Balaban J connectivity index is 1.69. The maximum atomic E-state index is 13.4. The predicted molar refractivity (Wildman–Crippen MR) is 82.0 cm³/mol. The second kappa shape index (κ2) is 5.96. The molecule has 0 aliphatic rings. The lowest BCUT2D eigenvalue weighted by Crippen LogP contribution is -2.20. The van der Waals surface area contributed by atoms with E-state index < -0.39 is 17.5 Å². The van der Waals surface area contributed by atoms with Crippen molar-refractivity contribution in [2.75, 3.05) is 11.9 Å². The molecule has 0 unspecified atom stereocenters. The van der Waals surface area contributed by atoms with Crippen molar-refractivity contribution in [1.29, 1.82) is 0 Å². The first-order valence-electron chi connectivity index (χ1n) is 6.81. The molecule has 1 amide bonds. The number of amides is 1. The molecule has 1 N–H and O–H groups in total. The molecule has 6 nitrogen and oxygen atoms in total. The van der Waals surface area contributed by atoms with Gasteiger partial charge in [0.15, 0.2) is 23.8 Å². The number of ether oxygens (including phenoxy) is 1. The van der Waals surface area contributed by atoms with Gasteiger partial charge in [-0.1, -0.05) is 12.1 Å². The number of hydrogen-bond acceptors (Lipinski definition) is 4. The number of nitrogens with zero attached hydrogens (tertiary/aromatic N) is 1. The number of aromatic nitrogens is 1. The number of carbonyl (C=O) groups is 1. The number of carbonyl (C=O) groups excluding carboxylic acids is 1. The van der Waals surface area contributed by atoms with Gasteiger partial charge in [-0.3, -0.25) is 9.36 Å². The molecule has 0 aliphatic carbocycles. The molecule has 3 rings (SSSR count). The van der Waals surface area contributed by atoms with Crippen LogP contribution >= 0.6 is 0 Å². The highest BCUT2D eigenvalue weighted by atomic mass is 19.1. The van der Waals surface area contributed by atoms with Gasteiger partial charge in [0.25, 0.3) is 5.91 Å². The third-order valence-electron chi connectivity index (χ3n) is 3.27. The monoisotopic (exact) mass is 316 g/mol. The summed E-state index contributed by atoms with van der Waals surface area (Å²) in [6, 6.07) is 10.6. The van der Waals surface area contributed by atoms with Crippen LogP contribution in [0.5, 0.6) is 5.75 Å². The summed E-state index contributed by atoms with van der Waals surface area (Å²) in [5.41, 5.74) is 1.47. The Morgan fingerprint density at radius 1 is 1.30 bits per heavy atom. The van der Waals surface area contributed by atoms with E-state index in [0.717, 1.165) is 0 Å². The van der Waals surface area contributed by atoms with Crippen LogP contribution in [0.3, 0.4) is 0 Å². The number of hydrogen-bond donors (Lipinski definition) is 1. The first kappa shape index (κ1) is 14.8. The average molecular weight is 316 g/mol. The van der Waals surface area contributed by atoms with Crippen molar-refractivity contribution in [3.05, 3.63) is 58.8 Å². The molecule has 3 aromatic rings. The number of para-hydroxylation sites is 1. The maximum absolute atomic E-state index is 13.4. The highest BCUT2D eigenvalue weighted by Crippen LogP contribution is 2.18. The van der Waals surface area contributed by atoms with Gasteiger partial charge < -0.3 is 14.5 Å². The zero-order valence-corrected chi connectivity index (χ0v) is 12.2. The average Bonchev–Trinajstić information content (AvgIpc) is 2.81. The lowest BCUT2D eigenvalue weighted by atomic mass is 10.3. The van der Waals surface area contributed by atoms with Gasteiger partial charge in [-0.05, 0) is 30.3 Å². The van der Waals surface area contributed by atoms with E-state index in [4.69, 9.17) is 9.15 Å². The van der Waals surface area contributed by atoms with Crippen molar-refractivity contribution in [2.24, 2.45) is 7.05 Å². The van der Waals surface area contributed by atoms with Gasteiger partial charge in [0.2, 0.25) is 0 Å². The fourth-order valence-corrected chi connectivity index (χ4v) is 2.11. The zero-order valence-electron chi connectivity index (χ0n) is 12.2. The maximum Gasteiger partial charge on any atom is 0.419 e. The summed E-state index contributed by atoms with van der Waals surface area (Å²) in [5.74, 6) is -1.45. The van der Waals surface area contributed by atoms with Gasteiger partial charge in [0.1, 0.15) is 0 Å². The van der Waals surface area contributed by atoms with Gasteiger partial charge in [0, 0.05) is 12.7 Å². The summed E-state index contributed by atoms with van der Waals surface area (Å²) in [6.45, 7) is -0.330. The molecule has 118 valence electrons. The molecule has 7 heteroatoms. The summed E-state index contributed by atoms with van der Waals surface area (Å²) in [7, 11) is 1.57. The minimum absolute atomic E-state index is 0.00957. The first-order chi connectivity index (χ1) is 11.0. The molecular formula is C16H13FN2O4. The van der Waals surface area contributed by atoms with Crippen molar-refractivity contribution >= 4 is 22.7 Å². The molecule has 1 aromatic heterocycles. The third kappa shape index (κ3) is 3.08. The number of benzene rings is 2. The van der Waals surface area contributed by atoms with E-state index >= 15 is 0 Å². The summed E-state index contributed by atoms with van der Waals surface area (Å²) < 4.78 is 24.9. The highest BCUT2D eigenvalue weighted by molar-refractivity contribution is 5.93. The summed E-state index contributed by atoms with van der Waals surface area (Å²) in [4.78, 5) is 23.3. The number of rotatable bonds is 4. The van der Waals surface area contributed by atoms with Crippen LogP contribution in [0.1, 0.15) is 0 Å². The van der Waals surface area contributed by atoms with Gasteiger partial charge in [-0.25, -0.2) is 9.18 Å². The minimum atomic E-state index is -0.532. The lowest BCUT2D eigenvalue weighted by Gasteiger charge is -2.08. The molecular weight excluding hydrogens is 303 g/mol. The van der Waals surface area contributed by atoms with Crippen molar-refractivity contribution in [3.63, 3.8) is 0 Å². The predicted octanol–water partition coefficient (Wildman–Crippen LogP) is 2.29. The molecule has 0 bridgehead atoms. The number of nitrogens with one attached hydrogen (secondary N) is 1. The van der Waals surface area contributed by atoms with Gasteiger partial charge in [-0.2, -0.15) is 0 Å². The van der Waals surface area contributed by atoms with Crippen LogP contribution in [0.4, 0.5) is 10.1 Å². The van der Waals surface area contributed by atoms with E-state index in [-0.39, 0.29) is 12.4 Å². The Hall–Kier alpha value is -3.09. The molecule has 0 radical (unpaired) electrons. The van der Waals surface area contributed by atoms with Crippen LogP contribution in [0.15, 0.2) is 51.7 Å². The fraction of sp³-hybridized carbons (Fsp3) is 0.125. The Kier molecular flexibility index (Phi) is 3.84. The molecule has 2 aromatic carbocycles. The minimum Gasteiger partial charge on any atom is -0.481 e. The van der Waals surface area contributed by atoms with E-state index in [0.29, 0.717) is 16.8 Å². The molecule has 0 saturated carbocycles. The quantitative estimate of drug-likeness (QED) is 0.801. The standard InChI is InChI=1S/C16H13FN2O4/c1-19-12-8-10(6-7-14(12)23-16(19)21)18-15(20)9-22-13-5-3-2-4-11(13)17/h2-8H,9H2,1H3,(H,18,20). The number of fused-ring (bicyclic) bond motifs is 1. The Bertz CT molecular complexity index is 929. The molecule has 0 spiro atoms. The Labute approximate surface area is 130 Å². The molecule has 0 atom stereocenters. The molecule has 23 heavy (non-hydrogen) atoms. The summed E-state index contributed by atoms with van der Waals surface area (Å²) in [5, 5.41) is 2.62. The smallest absolute Gasteiger partial charge is 0.419 e. The Morgan fingerprint density at radius 2 is 2.09 bits per heavy atom. The first-order valence-corrected chi connectivity index (χ1v) is 6.81. The van der Waals surface area contributed by atoms with E-state index in [9.17, 15) is 14.0 Å². The molecule has 1 heterocycles. The van der Waals surface area contributed by atoms with Crippen molar-refractivity contribution < 1.29 is 18.3 Å². The number of halogens is 1. The van der Waals surface area contributed by atoms with Crippen LogP contribution in [0, 0.1) is 5.82 Å². The van der Waals surface area contributed by atoms with Gasteiger partial charge >= 0.3 is 5.76 Å². The largest absolute Gasteiger partial charge is 0.481 e. The Morgan fingerprint density at radius 3 is 2.87 bits per heavy atom. The number of aryl methyl sites for hydroxylation is 1.